The van der Waals surface area contributed by atoms with E-state index in [1.54, 1.807) is 6.20 Å². The van der Waals surface area contributed by atoms with Gasteiger partial charge in [0.15, 0.2) is 0 Å². The molecule has 2 N–H and O–H groups in total. The van der Waals surface area contributed by atoms with E-state index < -0.39 is 0 Å². The van der Waals surface area contributed by atoms with Gasteiger partial charge in [0.2, 0.25) is 17.8 Å². The summed E-state index contributed by atoms with van der Waals surface area (Å²) in [5.41, 5.74) is 4.20. The van der Waals surface area contributed by atoms with E-state index in [1.807, 2.05) is 75.1 Å². The number of anilines is 4. The number of aromatic nitrogens is 2. The molecule has 0 bridgehead atoms. The summed E-state index contributed by atoms with van der Waals surface area (Å²) < 4.78 is 0. The smallest absolute Gasteiger partial charge is 0.228 e. The van der Waals surface area contributed by atoms with Crippen LogP contribution in [0.2, 0.25) is 0 Å². The van der Waals surface area contributed by atoms with Gasteiger partial charge in [-0.05, 0) is 48.9 Å². The minimum Gasteiger partial charge on any atom is -0.368 e. The molecule has 194 valence electrons. The van der Waals surface area contributed by atoms with Crippen LogP contribution < -0.4 is 15.5 Å². The predicted octanol–water partition coefficient (Wildman–Crippen LogP) is 5.32. The Morgan fingerprint density at radius 2 is 1.54 bits per heavy atom. The molecule has 0 atom stereocenters. The second kappa shape index (κ2) is 11.4. The maximum absolute atomic E-state index is 12.5. The Hall–Kier alpha value is -3.94. The average Bonchev–Trinajstić information content (AvgIpc) is 2.89. The van der Waals surface area contributed by atoms with Crippen molar-refractivity contribution in [1.82, 2.24) is 14.9 Å². The van der Waals surface area contributed by atoms with Crippen molar-refractivity contribution in [2.75, 3.05) is 41.7 Å². The molecule has 8 heteroatoms. The van der Waals surface area contributed by atoms with E-state index in [-0.39, 0.29) is 17.2 Å². The second-order valence-corrected chi connectivity index (χ2v) is 10.3. The van der Waals surface area contributed by atoms with E-state index in [9.17, 15) is 9.59 Å². The van der Waals surface area contributed by atoms with Crippen molar-refractivity contribution in [3.05, 3.63) is 60.8 Å². The topological polar surface area (TPSA) is 90.5 Å². The van der Waals surface area contributed by atoms with Crippen LogP contribution in [0.1, 0.15) is 40.5 Å². The standard InChI is InChI=1S/C29H36N6O2/c1-5-6-26(36)31-22-9-7-21(8-10-22)25-15-16-30-28(33-25)32-23-11-13-24(14-12-23)34-17-19-35(20-18-34)27(37)29(2,3)4/h7-16H,5-6,17-20H2,1-4H3,(H,31,36)(H,30,32,33). The van der Waals surface area contributed by atoms with Crippen LogP contribution in [-0.4, -0.2) is 52.9 Å². The monoisotopic (exact) mass is 500 g/mol. The van der Waals surface area contributed by atoms with E-state index in [2.05, 4.69) is 37.6 Å². The summed E-state index contributed by atoms with van der Waals surface area (Å²) in [5, 5.41) is 6.19. The molecule has 1 aliphatic rings. The van der Waals surface area contributed by atoms with E-state index in [0.29, 0.717) is 12.4 Å². The van der Waals surface area contributed by atoms with Gasteiger partial charge in [-0.3, -0.25) is 9.59 Å². The van der Waals surface area contributed by atoms with Crippen LogP contribution in [0.4, 0.5) is 23.0 Å². The van der Waals surface area contributed by atoms with E-state index in [0.717, 1.165) is 60.9 Å². The summed E-state index contributed by atoms with van der Waals surface area (Å²) in [5.74, 6) is 0.746. The molecular formula is C29H36N6O2. The molecule has 3 aromatic rings. The molecule has 0 aliphatic carbocycles. The number of carbonyl (C=O) groups excluding carboxylic acids is 2. The number of rotatable bonds is 7. The lowest BCUT2D eigenvalue weighted by molar-refractivity contribution is -0.139. The van der Waals surface area contributed by atoms with Crippen molar-refractivity contribution in [2.45, 2.75) is 40.5 Å². The fraction of sp³-hybridized carbons (Fsp3) is 0.379. The molecule has 37 heavy (non-hydrogen) atoms. The van der Waals surface area contributed by atoms with Crippen LogP contribution in [0.15, 0.2) is 60.8 Å². The number of benzene rings is 2. The Kier molecular flexibility index (Phi) is 8.06. The molecular weight excluding hydrogens is 464 g/mol. The first kappa shape index (κ1) is 26.1. The minimum atomic E-state index is -0.343. The molecule has 8 nitrogen and oxygen atoms in total. The molecule has 1 aromatic heterocycles. The van der Waals surface area contributed by atoms with Gasteiger partial charge in [-0.2, -0.15) is 0 Å². The Labute approximate surface area is 219 Å². The zero-order chi connectivity index (χ0) is 26.4. The first-order chi connectivity index (χ1) is 17.7. The van der Waals surface area contributed by atoms with Crippen LogP contribution >= 0.6 is 0 Å². The van der Waals surface area contributed by atoms with E-state index in [1.165, 1.54) is 0 Å². The van der Waals surface area contributed by atoms with Crippen LogP contribution in [0.3, 0.4) is 0 Å². The molecule has 1 saturated heterocycles. The maximum Gasteiger partial charge on any atom is 0.228 e. The van der Waals surface area contributed by atoms with Crippen LogP contribution in [0.25, 0.3) is 11.3 Å². The number of piperazine rings is 1. The van der Waals surface area contributed by atoms with Crippen molar-refractivity contribution in [1.29, 1.82) is 0 Å². The highest BCUT2D eigenvalue weighted by molar-refractivity contribution is 5.90. The average molecular weight is 501 g/mol. The number of amides is 2. The van der Waals surface area contributed by atoms with Gasteiger partial charge in [0.1, 0.15) is 0 Å². The fourth-order valence-corrected chi connectivity index (χ4v) is 4.28. The fourth-order valence-electron chi connectivity index (χ4n) is 4.28. The molecule has 0 unspecified atom stereocenters. The first-order valence-corrected chi connectivity index (χ1v) is 12.9. The van der Waals surface area contributed by atoms with Crippen LogP contribution in [-0.2, 0) is 9.59 Å². The lowest BCUT2D eigenvalue weighted by Crippen LogP contribution is -2.51. The zero-order valence-corrected chi connectivity index (χ0v) is 22.1. The van der Waals surface area contributed by atoms with Crippen molar-refractivity contribution in [2.24, 2.45) is 5.41 Å². The normalized spacial score (nSPS) is 13.8. The second-order valence-electron chi connectivity index (χ2n) is 10.3. The van der Waals surface area contributed by atoms with Crippen molar-refractivity contribution >= 4 is 34.8 Å². The van der Waals surface area contributed by atoms with Gasteiger partial charge in [-0.25, -0.2) is 9.97 Å². The lowest BCUT2D eigenvalue weighted by atomic mass is 9.94. The van der Waals surface area contributed by atoms with Gasteiger partial charge >= 0.3 is 0 Å². The third kappa shape index (κ3) is 6.84. The van der Waals surface area contributed by atoms with Crippen LogP contribution in [0.5, 0.6) is 0 Å². The van der Waals surface area contributed by atoms with Crippen molar-refractivity contribution in [3.8, 4) is 11.3 Å². The van der Waals surface area contributed by atoms with E-state index >= 15 is 0 Å². The molecule has 0 saturated carbocycles. The highest BCUT2D eigenvalue weighted by Crippen LogP contribution is 2.25. The van der Waals surface area contributed by atoms with Gasteiger partial charge in [0.25, 0.3) is 0 Å². The third-order valence-corrected chi connectivity index (χ3v) is 6.29. The Morgan fingerprint density at radius 3 is 2.16 bits per heavy atom. The number of nitrogens with zero attached hydrogens (tertiary/aromatic N) is 4. The zero-order valence-electron chi connectivity index (χ0n) is 22.1. The van der Waals surface area contributed by atoms with Gasteiger partial charge < -0.3 is 20.4 Å². The summed E-state index contributed by atoms with van der Waals surface area (Å²) in [7, 11) is 0. The number of hydrogen-bond donors (Lipinski definition) is 2. The third-order valence-electron chi connectivity index (χ3n) is 6.29. The molecule has 4 rings (SSSR count). The van der Waals surface area contributed by atoms with Gasteiger partial charge in [-0.1, -0.05) is 39.8 Å². The van der Waals surface area contributed by atoms with Gasteiger partial charge in [0, 0.05) is 66.8 Å². The number of carbonyl (C=O) groups is 2. The summed E-state index contributed by atoms with van der Waals surface area (Å²) in [6.07, 6.45) is 3.06. The summed E-state index contributed by atoms with van der Waals surface area (Å²) >= 11 is 0. The molecule has 0 spiro atoms. The molecule has 1 aliphatic heterocycles. The molecule has 2 heterocycles. The van der Waals surface area contributed by atoms with Crippen molar-refractivity contribution < 1.29 is 9.59 Å². The molecule has 2 amide bonds. The quantitative estimate of drug-likeness (QED) is 0.456. The summed E-state index contributed by atoms with van der Waals surface area (Å²) in [4.78, 5) is 37.7. The predicted molar refractivity (Wildman–Crippen MR) is 149 cm³/mol. The summed E-state index contributed by atoms with van der Waals surface area (Å²) in [6.45, 7) is 11.0. The van der Waals surface area contributed by atoms with E-state index in [4.69, 9.17) is 0 Å². The largest absolute Gasteiger partial charge is 0.368 e. The first-order valence-electron chi connectivity index (χ1n) is 12.9. The molecule has 0 radical (unpaired) electrons. The maximum atomic E-state index is 12.5. The van der Waals surface area contributed by atoms with Crippen molar-refractivity contribution in [3.63, 3.8) is 0 Å². The minimum absolute atomic E-state index is 0.0210. The Balaban J connectivity index is 1.35. The molecule has 1 fully saturated rings. The SMILES string of the molecule is CCCC(=O)Nc1ccc(-c2ccnc(Nc3ccc(N4CCN(C(=O)C(C)(C)C)CC4)cc3)n2)cc1. The number of hydrogen-bond acceptors (Lipinski definition) is 6. The Morgan fingerprint density at radius 1 is 0.892 bits per heavy atom. The highest BCUT2D eigenvalue weighted by Gasteiger charge is 2.29. The summed E-state index contributed by atoms with van der Waals surface area (Å²) in [6, 6.07) is 17.7. The van der Waals surface area contributed by atoms with Crippen LogP contribution in [0, 0.1) is 5.41 Å². The molecule has 2 aromatic carbocycles. The number of nitrogens with one attached hydrogen (secondary N) is 2. The highest BCUT2D eigenvalue weighted by atomic mass is 16.2. The van der Waals surface area contributed by atoms with Gasteiger partial charge in [-0.15, -0.1) is 0 Å². The van der Waals surface area contributed by atoms with Gasteiger partial charge in [0.05, 0.1) is 5.69 Å². The lowest BCUT2D eigenvalue weighted by Gasteiger charge is -2.38. The Bertz CT molecular complexity index is 1210.